The topological polar surface area (TPSA) is 87.5 Å². The van der Waals surface area contributed by atoms with Crippen molar-refractivity contribution in [3.8, 4) is 0 Å². The van der Waals surface area contributed by atoms with Gasteiger partial charge < -0.3 is 15.6 Å². The third-order valence-electron chi connectivity index (χ3n) is 3.22. The van der Waals surface area contributed by atoms with Crippen molar-refractivity contribution < 1.29 is 9.59 Å². The Morgan fingerprint density at radius 3 is 2.89 bits per heavy atom. The fraction of sp³-hybridized carbons (Fsp3) is 0.385. The van der Waals surface area contributed by atoms with Crippen molar-refractivity contribution in [3.05, 3.63) is 29.3 Å². The molecular formula is C13H18N4O2. The standard InChI is InChI=1S/C13H18N4O2/c1-9-8-10(16-14)2-3-11(9)13(19)17-6-4-12(18)15-5-7-17/h2-3,8,16H,4-7,14H2,1H3,(H,15,18). The average Bonchev–Trinajstić information content (AvgIpc) is 2.62. The molecule has 0 spiro atoms. The highest BCUT2D eigenvalue weighted by molar-refractivity contribution is 5.96. The maximum atomic E-state index is 12.4. The molecule has 0 unspecified atom stereocenters. The number of aryl methyl sites for hydroxylation is 1. The van der Waals surface area contributed by atoms with E-state index < -0.39 is 0 Å². The van der Waals surface area contributed by atoms with Gasteiger partial charge in [0.25, 0.3) is 5.91 Å². The highest BCUT2D eigenvalue weighted by Gasteiger charge is 2.20. The van der Waals surface area contributed by atoms with Gasteiger partial charge in [-0.25, -0.2) is 0 Å². The zero-order chi connectivity index (χ0) is 13.8. The van der Waals surface area contributed by atoms with E-state index >= 15 is 0 Å². The fourth-order valence-corrected chi connectivity index (χ4v) is 2.13. The summed E-state index contributed by atoms with van der Waals surface area (Å²) in [6, 6.07) is 5.35. The first kappa shape index (κ1) is 13.4. The first-order chi connectivity index (χ1) is 9.11. The van der Waals surface area contributed by atoms with Crippen LogP contribution in [-0.2, 0) is 4.79 Å². The van der Waals surface area contributed by atoms with Crippen LogP contribution in [0.2, 0.25) is 0 Å². The molecule has 0 radical (unpaired) electrons. The molecule has 1 aromatic carbocycles. The van der Waals surface area contributed by atoms with E-state index in [0.29, 0.717) is 31.6 Å². The zero-order valence-electron chi connectivity index (χ0n) is 10.9. The Morgan fingerprint density at radius 2 is 2.21 bits per heavy atom. The molecule has 0 aliphatic carbocycles. The molecule has 4 N–H and O–H groups in total. The molecule has 0 atom stereocenters. The molecule has 0 bridgehead atoms. The van der Waals surface area contributed by atoms with Crippen molar-refractivity contribution in [1.82, 2.24) is 10.2 Å². The first-order valence-electron chi connectivity index (χ1n) is 6.25. The zero-order valence-corrected chi connectivity index (χ0v) is 10.9. The molecule has 1 saturated heterocycles. The SMILES string of the molecule is Cc1cc(NN)ccc1C(=O)N1CCNC(=O)CC1. The van der Waals surface area contributed by atoms with Gasteiger partial charge in [0.2, 0.25) is 5.91 Å². The van der Waals surface area contributed by atoms with E-state index in [1.807, 2.05) is 13.0 Å². The summed E-state index contributed by atoms with van der Waals surface area (Å²) in [4.78, 5) is 25.4. The van der Waals surface area contributed by atoms with Crippen molar-refractivity contribution in [2.45, 2.75) is 13.3 Å². The van der Waals surface area contributed by atoms with Gasteiger partial charge in [-0.2, -0.15) is 0 Å². The number of nitrogens with zero attached hydrogens (tertiary/aromatic N) is 1. The Labute approximate surface area is 111 Å². The molecule has 102 valence electrons. The van der Waals surface area contributed by atoms with E-state index in [-0.39, 0.29) is 11.8 Å². The molecule has 0 aromatic heterocycles. The van der Waals surface area contributed by atoms with Gasteiger partial charge in [0, 0.05) is 37.3 Å². The van der Waals surface area contributed by atoms with Crippen LogP contribution >= 0.6 is 0 Å². The van der Waals surface area contributed by atoms with Crippen molar-refractivity contribution in [2.24, 2.45) is 5.84 Å². The summed E-state index contributed by atoms with van der Waals surface area (Å²) in [7, 11) is 0. The number of rotatable bonds is 2. The molecule has 0 saturated carbocycles. The summed E-state index contributed by atoms with van der Waals surface area (Å²) in [6.07, 6.45) is 0.354. The molecule has 1 aromatic rings. The van der Waals surface area contributed by atoms with Gasteiger partial charge in [-0.15, -0.1) is 0 Å². The van der Waals surface area contributed by atoms with Gasteiger partial charge in [0.1, 0.15) is 0 Å². The normalized spacial score (nSPS) is 15.7. The number of nitrogens with one attached hydrogen (secondary N) is 2. The number of hydrazine groups is 1. The predicted octanol–water partition coefficient (Wildman–Crippen LogP) is 0.243. The Hall–Kier alpha value is -2.08. The van der Waals surface area contributed by atoms with E-state index in [2.05, 4.69) is 10.7 Å². The average molecular weight is 262 g/mol. The fourth-order valence-electron chi connectivity index (χ4n) is 2.13. The molecule has 1 fully saturated rings. The van der Waals surface area contributed by atoms with Crippen LogP contribution in [0.25, 0.3) is 0 Å². The number of nitrogens with two attached hydrogens (primary N) is 1. The molecule has 19 heavy (non-hydrogen) atoms. The molecule has 2 rings (SSSR count). The van der Waals surface area contributed by atoms with Crippen molar-refractivity contribution in [2.75, 3.05) is 25.1 Å². The van der Waals surface area contributed by atoms with Gasteiger partial charge in [-0.1, -0.05) is 0 Å². The Morgan fingerprint density at radius 1 is 1.42 bits per heavy atom. The predicted molar refractivity (Wildman–Crippen MR) is 72.5 cm³/mol. The second kappa shape index (κ2) is 5.71. The number of carbonyl (C=O) groups is 2. The first-order valence-corrected chi connectivity index (χ1v) is 6.25. The van der Waals surface area contributed by atoms with Crippen LogP contribution in [0, 0.1) is 6.92 Å². The lowest BCUT2D eigenvalue weighted by atomic mass is 10.1. The minimum Gasteiger partial charge on any atom is -0.354 e. The number of hydrogen-bond acceptors (Lipinski definition) is 4. The third kappa shape index (κ3) is 3.03. The number of anilines is 1. The number of benzene rings is 1. The summed E-state index contributed by atoms with van der Waals surface area (Å²) in [6.45, 7) is 3.38. The van der Waals surface area contributed by atoms with Gasteiger partial charge in [-0.3, -0.25) is 15.4 Å². The Kier molecular flexibility index (Phi) is 4.01. The summed E-state index contributed by atoms with van der Waals surface area (Å²) < 4.78 is 0. The highest BCUT2D eigenvalue weighted by Crippen LogP contribution is 2.16. The van der Waals surface area contributed by atoms with Gasteiger partial charge >= 0.3 is 0 Å². The molecular weight excluding hydrogens is 244 g/mol. The Balaban J connectivity index is 2.16. The number of amides is 2. The second-order valence-electron chi connectivity index (χ2n) is 4.57. The lowest BCUT2D eigenvalue weighted by Gasteiger charge is -2.20. The maximum absolute atomic E-state index is 12.4. The maximum Gasteiger partial charge on any atom is 0.254 e. The number of carbonyl (C=O) groups excluding carboxylic acids is 2. The Bertz CT molecular complexity index is 501. The van der Waals surface area contributed by atoms with Crippen LogP contribution in [0.1, 0.15) is 22.3 Å². The van der Waals surface area contributed by atoms with Crippen molar-refractivity contribution in [3.63, 3.8) is 0 Å². The van der Waals surface area contributed by atoms with E-state index in [9.17, 15) is 9.59 Å². The molecule has 1 heterocycles. The minimum atomic E-state index is -0.0439. The largest absolute Gasteiger partial charge is 0.354 e. The van der Waals surface area contributed by atoms with E-state index in [1.165, 1.54) is 0 Å². The summed E-state index contributed by atoms with van der Waals surface area (Å²) in [5.74, 6) is 5.28. The number of nitrogen functional groups attached to an aromatic ring is 1. The summed E-state index contributed by atoms with van der Waals surface area (Å²) in [5, 5.41) is 2.75. The van der Waals surface area contributed by atoms with Crippen molar-refractivity contribution >= 4 is 17.5 Å². The number of hydrogen-bond donors (Lipinski definition) is 3. The van der Waals surface area contributed by atoms with Crippen LogP contribution in [0.3, 0.4) is 0 Å². The summed E-state index contributed by atoms with van der Waals surface area (Å²) in [5.41, 5.74) is 4.83. The smallest absolute Gasteiger partial charge is 0.254 e. The minimum absolute atomic E-state index is 0.00491. The van der Waals surface area contributed by atoms with E-state index in [0.717, 1.165) is 11.3 Å². The molecule has 6 nitrogen and oxygen atoms in total. The van der Waals surface area contributed by atoms with Crippen LogP contribution in [0.15, 0.2) is 18.2 Å². The van der Waals surface area contributed by atoms with Gasteiger partial charge in [0.15, 0.2) is 0 Å². The van der Waals surface area contributed by atoms with Crippen LogP contribution in [0.5, 0.6) is 0 Å². The quantitative estimate of drug-likeness (QED) is 0.526. The second-order valence-corrected chi connectivity index (χ2v) is 4.57. The third-order valence-corrected chi connectivity index (χ3v) is 3.22. The highest BCUT2D eigenvalue weighted by atomic mass is 16.2. The molecule has 6 heteroatoms. The molecule has 1 aliphatic heterocycles. The van der Waals surface area contributed by atoms with E-state index in [1.54, 1.807) is 17.0 Å². The lowest BCUT2D eigenvalue weighted by molar-refractivity contribution is -0.120. The van der Waals surface area contributed by atoms with Gasteiger partial charge in [0.05, 0.1) is 0 Å². The monoisotopic (exact) mass is 262 g/mol. The van der Waals surface area contributed by atoms with Crippen LogP contribution < -0.4 is 16.6 Å². The summed E-state index contributed by atoms with van der Waals surface area (Å²) >= 11 is 0. The van der Waals surface area contributed by atoms with Crippen LogP contribution in [-0.4, -0.2) is 36.3 Å². The molecule has 1 aliphatic rings. The van der Waals surface area contributed by atoms with Gasteiger partial charge in [-0.05, 0) is 30.7 Å². The van der Waals surface area contributed by atoms with Crippen LogP contribution in [0.4, 0.5) is 5.69 Å². The van der Waals surface area contributed by atoms with E-state index in [4.69, 9.17) is 5.84 Å². The lowest BCUT2D eigenvalue weighted by Crippen LogP contribution is -2.34. The van der Waals surface area contributed by atoms with Crippen molar-refractivity contribution in [1.29, 1.82) is 0 Å². The molecule has 2 amide bonds.